The molecule has 9 heteroatoms. The summed E-state index contributed by atoms with van der Waals surface area (Å²) in [6.07, 6.45) is 1.76. The van der Waals surface area contributed by atoms with Crippen molar-refractivity contribution < 1.29 is 14.3 Å². The molecule has 0 aliphatic carbocycles. The molecule has 4 rings (SSSR count). The van der Waals surface area contributed by atoms with Crippen LogP contribution in [0.25, 0.3) is 6.08 Å². The van der Waals surface area contributed by atoms with Crippen molar-refractivity contribution in [3.05, 3.63) is 90.7 Å². The number of hydrogen-bond acceptors (Lipinski definition) is 5. The molecule has 0 bridgehead atoms. The van der Waals surface area contributed by atoms with Crippen molar-refractivity contribution in [3.8, 4) is 11.5 Å². The Kier molecular flexibility index (Phi) is 7.88. The predicted molar refractivity (Wildman–Crippen MR) is 143 cm³/mol. The van der Waals surface area contributed by atoms with Gasteiger partial charge in [-0.05, 0) is 76.1 Å². The molecular weight excluding hydrogens is 559 g/mol. The van der Waals surface area contributed by atoms with Crippen LogP contribution in [0.2, 0.25) is 10.0 Å². The number of amides is 1. The summed E-state index contributed by atoms with van der Waals surface area (Å²) in [7, 11) is 1.58. The van der Waals surface area contributed by atoms with E-state index in [1.54, 1.807) is 31.4 Å². The number of rotatable bonds is 6. The van der Waals surface area contributed by atoms with E-state index < -0.39 is 0 Å². The normalized spacial score (nSPS) is 15.6. The summed E-state index contributed by atoms with van der Waals surface area (Å²) in [5.74, 6) is 0.889. The van der Waals surface area contributed by atoms with Crippen molar-refractivity contribution in [1.82, 2.24) is 5.32 Å². The molecule has 5 nitrogen and oxygen atoms in total. The average Bonchev–Trinajstić information content (AvgIpc) is 3.15. The van der Waals surface area contributed by atoms with E-state index in [0.29, 0.717) is 48.4 Å². The maximum absolute atomic E-state index is 12.5. The van der Waals surface area contributed by atoms with Crippen molar-refractivity contribution in [2.75, 3.05) is 7.11 Å². The number of aryl methyl sites for hydroxylation is 1. The van der Waals surface area contributed by atoms with Gasteiger partial charge in [0.25, 0.3) is 5.91 Å². The Hall–Kier alpha value is -2.45. The van der Waals surface area contributed by atoms with Crippen LogP contribution >= 0.6 is 50.9 Å². The second-order valence-corrected chi connectivity index (χ2v) is 10.0. The van der Waals surface area contributed by atoms with Crippen molar-refractivity contribution in [1.29, 1.82) is 0 Å². The van der Waals surface area contributed by atoms with Gasteiger partial charge in [0.1, 0.15) is 6.61 Å². The first-order valence-electron chi connectivity index (χ1n) is 10.1. The maximum atomic E-state index is 12.5. The van der Waals surface area contributed by atoms with Gasteiger partial charge in [-0.1, -0.05) is 59.1 Å². The number of halogens is 3. The van der Waals surface area contributed by atoms with E-state index >= 15 is 0 Å². The Labute approximate surface area is 220 Å². The quantitative estimate of drug-likeness (QED) is 0.307. The molecule has 3 aromatic carbocycles. The summed E-state index contributed by atoms with van der Waals surface area (Å²) in [6, 6.07) is 17.0. The number of carbonyl (C=O) groups is 1. The Morgan fingerprint density at radius 2 is 1.91 bits per heavy atom. The van der Waals surface area contributed by atoms with Crippen LogP contribution in [0.4, 0.5) is 5.69 Å². The zero-order valence-electron chi connectivity index (χ0n) is 18.2. The van der Waals surface area contributed by atoms with E-state index in [2.05, 4.69) is 26.2 Å². The van der Waals surface area contributed by atoms with Crippen LogP contribution in [0, 0.1) is 6.92 Å². The minimum absolute atomic E-state index is 0.253. The molecule has 1 fully saturated rings. The Morgan fingerprint density at radius 3 is 2.65 bits per heavy atom. The fourth-order valence-electron chi connectivity index (χ4n) is 3.12. The lowest BCUT2D eigenvalue weighted by atomic mass is 10.1. The molecule has 0 saturated carbocycles. The zero-order valence-corrected chi connectivity index (χ0v) is 22.1. The summed E-state index contributed by atoms with van der Waals surface area (Å²) in [5.41, 5.74) is 3.50. The molecule has 0 aromatic heterocycles. The molecule has 34 heavy (non-hydrogen) atoms. The highest BCUT2D eigenvalue weighted by Crippen LogP contribution is 2.39. The van der Waals surface area contributed by atoms with Gasteiger partial charge >= 0.3 is 0 Å². The van der Waals surface area contributed by atoms with Gasteiger partial charge in [0.05, 0.1) is 32.2 Å². The number of amidine groups is 1. The number of aliphatic imine (C=N–C) groups is 1. The van der Waals surface area contributed by atoms with Gasteiger partial charge in [0, 0.05) is 0 Å². The largest absolute Gasteiger partial charge is 0.493 e. The lowest BCUT2D eigenvalue weighted by molar-refractivity contribution is -0.115. The zero-order chi connectivity index (χ0) is 24.2. The van der Waals surface area contributed by atoms with E-state index in [1.807, 2.05) is 43.3 Å². The average molecular weight is 578 g/mol. The third kappa shape index (κ3) is 5.78. The van der Waals surface area contributed by atoms with Gasteiger partial charge < -0.3 is 14.8 Å². The van der Waals surface area contributed by atoms with Gasteiger partial charge in [0.15, 0.2) is 16.7 Å². The topological polar surface area (TPSA) is 59.9 Å². The number of nitrogens with one attached hydrogen (secondary N) is 1. The third-order valence-corrected chi connectivity index (χ3v) is 7.17. The molecule has 1 amide bonds. The lowest BCUT2D eigenvalue weighted by Gasteiger charge is -2.14. The fourth-order valence-corrected chi connectivity index (χ4v) is 4.87. The van der Waals surface area contributed by atoms with Crippen molar-refractivity contribution in [2.24, 2.45) is 4.99 Å². The van der Waals surface area contributed by atoms with Gasteiger partial charge in [-0.2, -0.15) is 0 Å². The Morgan fingerprint density at radius 1 is 1.15 bits per heavy atom. The van der Waals surface area contributed by atoms with Crippen LogP contribution in [0.5, 0.6) is 11.5 Å². The number of benzene rings is 3. The summed E-state index contributed by atoms with van der Waals surface area (Å²) < 4.78 is 12.3. The van der Waals surface area contributed by atoms with Crippen molar-refractivity contribution in [3.63, 3.8) is 0 Å². The molecule has 0 unspecified atom stereocenters. The van der Waals surface area contributed by atoms with Crippen LogP contribution in [0.3, 0.4) is 0 Å². The van der Waals surface area contributed by atoms with Crippen LogP contribution in [0.1, 0.15) is 16.7 Å². The number of methoxy groups -OCH3 is 1. The fraction of sp³-hybridized carbons (Fsp3) is 0.120. The number of nitrogens with zero attached hydrogens (tertiary/aromatic N) is 1. The molecule has 1 aliphatic heterocycles. The van der Waals surface area contributed by atoms with Crippen molar-refractivity contribution >= 4 is 73.7 Å². The monoisotopic (exact) mass is 576 g/mol. The summed E-state index contributed by atoms with van der Waals surface area (Å²) in [5, 5.41) is 3.90. The molecule has 3 aromatic rings. The standard InChI is InChI=1S/C25H19BrCl2N2O3S/c1-14-6-8-15(9-7-14)13-33-23-17(26)10-16(11-20(23)32-2)12-21-24(31)30-25(34-21)29-19-5-3-4-18(27)22(19)28/h3-12H,13H2,1-2H3,(H,29,30,31)/b21-12+. The highest BCUT2D eigenvalue weighted by molar-refractivity contribution is 9.10. The summed E-state index contributed by atoms with van der Waals surface area (Å²) in [6.45, 7) is 2.45. The molecule has 0 radical (unpaired) electrons. The summed E-state index contributed by atoms with van der Waals surface area (Å²) >= 11 is 17.0. The van der Waals surface area contributed by atoms with E-state index in [1.165, 1.54) is 17.3 Å². The third-order valence-electron chi connectivity index (χ3n) is 4.86. The number of hydrogen-bond donors (Lipinski definition) is 1. The van der Waals surface area contributed by atoms with Crippen LogP contribution < -0.4 is 14.8 Å². The molecule has 1 heterocycles. The molecule has 174 valence electrons. The lowest BCUT2D eigenvalue weighted by Crippen LogP contribution is -2.19. The first-order chi connectivity index (χ1) is 16.3. The highest BCUT2D eigenvalue weighted by atomic mass is 79.9. The number of thioether (sulfide) groups is 1. The van der Waals surface area contributed by atoms with Gasteiger partial charge in [0.2, 0.25) is 0 Å². The Balaban J connectivity index is 1.54. The smallest absolute Gasteiger partial charge is 0.264 e. The molecule has 1 aliphatic rings. The van der Waals surface area contributed by atoms with Crippen LogP contribution in [0.15, 0.2) is 69.0 Å². The predicted octanol–water partition coefficient (Wildman–Crippen LogP) is 7.54. The minimum Gasteiger partial charge on any atom is -0.493 e. The van der Waals surface area contributed by atoms with E-state index in [9.17, 15) is 4.79 Å². The first kappa shape index (κ1) is 24.7. The SMILES string of the molecule is COc1cc(/C=C2/SC(=Nc3cccc(Cl)c3Cl)NC2=O)cc(Br)c1OCc1ccc(C)cc1. The second-order valence-electron chi connectivity index (χ2n) is 7.36. The first-order valence-corrected chi connectivity index (χ1v) is 12.5. The van der Waals surface area contributed by atoms with Gasteiger partial charge in [-0.15, -0.1) is 0 Å². The van der Waals surface area contributed by atoms with Crippen LogP contribution in [-0.4, -0.2) is 18.2 Å². The molecule has 0 atom stereocenters. The molecule has 0 spiro atoms. The Bertz CT molecular complexity index is 1310. The van der Waals surface area contributed by atoms with Gasteiger partial charge in [-0.3, -0.25) is 4.79 Å². The van der Waals surface area contributed by atoms with E-state index in [-0.39, 0.29) is 5.91 Å². The van der Waals surface area contributed by atoms with E-state index in [4.69, 9.17) is 32.7 Å². The number of carbonyl (C=O) groups excluding carboxylic acids is 1. The minimum atomic E-state index is -0.253. The molecular formula is C25H19BrCl2N2O3S. The van der Waals surface area contributed by atoms with E-state index in [0.717, 1.165) is 11.1 Å². The highest BCUT2D eigenvalue weighted by Gasteiger charge is 2.24. The number of ether oxygens (including phenoxy) is 2. The van der Waals surface area contributed by atoms with Crippen molar-refractivity contribution in [2.45, 2.75) is 13.5 Å². The second kappa shape index (κ2) is 10.9. The maximum Gasteiger partial charge on any atom is 0.264 e. The molecule has 1 N–H and O–H groups in total. The summed E-state index contributed by atoms with van der Waals surface area (Å²) in [4.78, 5) is 17.4. The van der Waals surface area contributed by atoms with Gasteiger partial charge in [-0.25, -0.2) is 4.99 Å². The van der Waals surface area contributed by atoms with Crippen LogP contribution in [-0.2, 0) is 11.4 Å². The molecule has 1 saturated heterocycles.